The molecule has 1 atom stereocenters. The van der Waals surface area contributed by atoms with Crippen molar-refractivity contribution in [2.24, 2.45) is 0 Å². The molecule has 0 aliphatic carbocycles. The van der Waals surface area contributed by atoms with Gasteiger partial charge in [0.2, 0.25) is 0 Å². The monoisotopic (exact) mass is 285 g/mol. The van der Waals surface area contributed by atoms with E-state index in [-0.39, 0.29) is 0 Å². The van der Waals surface area contributed by atoms with Crippen molar-refractivity contribution in [3.63, 3.8) is 0 Å². The summed E-state index contributed by atoms with van der Waals surface area (Å²) in [7, 11) is -2.65. The molecule has 0 spiro atoms. The van der Waals surface area contributed by atoms with Crippen molar-refractivity contribution < 1.29 is 0 Å². The largest absolute Gasteiger partial charge is 0.334 e. The van der Waals surface area contributed by atoms with E-state index in [1.54, 1.807) is 5.20 Å². The zero-order valence-corrected chi connectivity index (χ0v) is 16.0. The van der Waals surface area contributed by atoms with E-state index in [1.165, 1.54) is 24.2 Å². The first-order valence-electron chi connectivity index (χ1n) is 7.80. The third-order valence-electron chi connectivity index (χ3n) is 5.11. The molecule has 0 heterocycles. The Kier molecular flexibility index (Phi) is 7.71. The third kappa shape index (κ3) is 3.17. The van der Waals surface area contributed by atoms with Crippen LogP contribution < -0.4 is 4.98 Å². The van der Waals surface area contributed by atoms with Crippen molar-refractivity contribution in [1.82, 2.24) is 4.98 Å². The van der Waals surface area contributed by atoms with Gasteiger partial charge in [-0.2, -0.15) is 0 Å². The molecular formula is C15H35NSi2. The highest BCUT2D eigenvalue weighted by atomic mass is 29.3. The second-order valence-electron chi connectivity index (χ2n) is 5.87. The molecule has 0 fully saturated rings. The van der Waals surface area contributed by atoms with Gasteiger partial charge in [-0.15, -0.1) is 0 Å². The molecule has 1 unspecified atom stereocenters. The van der Waals surface area contributed by atoms with Gasteiger partial charge >= 0.3 is 0 Å². The number of nitrogens with one attached hydrogen (secondary N) is 1. The average Bonchev–Trinajstić information content (AvgIpc) is 2.38. The Morgan fingerprint density at radius 2 is 1.44 bits per heavy atom. The van der Waals surface area contributed by atoms with E-state index in [4.69, 9.17) is 0 Å². The van der Waals surface area contributed by atoms with Gasteiger partial charge in [0.15, 0.2) is 0 Å². The lowest BCUT2D eigenvalue weighted by molar-refractivity contribution is 0.734. The van der Waals surface area contributed by atoms with Gasteiger partial charge in [0.05, 0.1) is 7.59 Å². The lowest BCUT2D eigenvalue weighted by Crippen LogP contribution is -2.72. The van der Waals surface area contributed by atoms with Crippen LogP contribution in [0.25, 0.3) is 0 Å². The fraction of sp³-hybridized carbons (Fsp3) is 0.867. The van der Waals surface area contributed by atoms with E-state index < -0.39 is 15.3 Å². The van der Waals surface area contributed by atoms with Gasteiger partial charge in [0.1, 0.15) is 7.75 Å². The average molecular weight is 286 g/mol. The molecule has 0 aliphatic heterocycles. The van der Waals surface area contributed by atoms with Crippen LogP contribution in [0.4, 0.5) is 0 Å². The van der Waals surface area contributed by atoms with Crippen molar-refractivity contribution in [3.8, 4) is 0 Å². The molecule has 3 heteroatoms. The van der Waals surface area contributed by atoms with E-state index in [0.717, 1.165) is 0 Å². The topological polar surface area (TPSA) is 12.0 Å². The highest BCUT2D eigenvalue weighted by Crippen LogP contribution is 2.36. The van der Waals surface area contributed by atoms with Gasteiger partial charge in [-0.25, -0.2) is 0 Å². The predicted octanol–water partition coefficient (Wildman–Crippen LogP) is 5.04. The number of allylic oxidation sites excluding steroid dienone is 2. The predicted molar refractivity (Wildman–Crippen MR) is 91.1 cm³/mol. The van der Waals surface area contributed by atoms with E-state index in [9.17, 15) is 0 Å². The fourth-order valence-corrected chi connectivity index (χ4v) is 23.9. The zero-order valence-electron chi connectivity index (χ0n) is 14.0. The van der Waals surface area contributed by atoms with Crippen molar-refractivity contribution in [2.75, 3.05) is 0 Å². The Morgan fingerprint density at radius 3 is 1.67 bits per heavy atom. The molecule has 0 aromatic heterocycles. The SMILES string of the molecule is C/C=C(\C)[Si](CC)(NC(C)C)[Si](CC)(CC)CC. The standard InChI is InChI=1S/C15H35NSi2/c1-9-15(8)18(13-5,16-14(6)7)17(10-2,11-3)12-4/h9,14,16H,10-13H2,1-8H3/b15-9+. The van der Waals surface area contributed by atoms with Crippen molar-refractivity contribution in [2.45, 2.75) is 85.6 Å². The third-order valence-corrected chi connectivity index (χ3v) is 26.0. The van der Waals surface area contributed by atoms with E-state index in [0.29, 0.717) is 6.04 Å². The Bertz CT molecular complexity index is 261. The van der Waals surface area contributed by atoms with Crippen LogP contribution in [-0.4, -0.2) is 21.4 Å². The van der Waals surface area contributed by atoms with Crippen molar-refractivity contribution >= 4 is 15.3 Å². The maximum atomic E-state index is 4.12. The summed E-state index contributed by atoms with van der Waals surface area (Å²) < 4.78 is 0. The lowest BCUT2D eigenvalue weighted by atomic mass is 10.4. The number of rotatable bonds is 8. The van der Waals surface area contributed by atoms with Crippen LogP contribution in [0.2, 0.25) is 24.2 Å². The molecular weight excluding hydrogens is 250 g/mol. The first-order chi connectivity index (χ1) is 8.39. The molecule has 1 N–H and O–H groups in total. The summed E-state index contributed by atoms with van der Waals surface area (Å²) in [6.07, 6.45) is 2.40. The van der Waals surface area contributed by atoms with Crippen LogP contribution in [0.3, 0.4) is 0 Å². The van der Waals surface area contributed by atoms with Crippen LogP contribution in [0, 0.1) is 0 Å². The summed E-state index contributed by atoms with van der Waals surface area (Å²) in [5.74, 6) is 0. The second-order valence-corrected chi connectivity index (χ2v) is 19.9. The Balaban J connectivity index is 5.82. The fourth-order valence-electron chi connectivity index (χ4n) is 3.84. The summed E-state index contributed by atoms with van der Waals surface area (Å²) >= 11 is 0. The summed E-state index contributed by atoms with van der Waals surface area (Å²) in [4.78, 5) is 4.12. The highest BCUT2D eigenvalue weighted by molar-refractivity contribution is 7.44. The Labute approximate surface area is 117 Å². The van der Waals surface area contributed by atoms with Crippen molar-refractivity contribution in [1.29, 1.82) is 0 Å². The molecule has 0 radical (unpaired) electrons. The molecule has 18 heavy (non-hydrogen) atoms. The van der Waals surface area contributed by atoms with Crippen molar-refractivity contribution in [3.05, 3.63) is 11.3 Å². The molecule has 0 aliphatic rings. The van der Waals surface area contributed by atoms with Crippen LogP contribution in [0.15, 0.2) is 11.3 Å². The second kappa shape index (κ2) is 7.66. The molecule has 0 amide bonds. The van der Waals surface area contributed by atoms with E-state index in [2.05, 4.69) is 66.4 Å². The molecule has 0 bridgehead atoms. The number of hydrogen-bond donors (Lipinski definition) is 1. The van der Waals surface area contributed by atoms with E-state index >= 15 is 0 Å². The summed E-state index contributed by atoms with van der Waals surface area (Å²) in [5.41, 5.74) is 0. The molecule has 0 saturated carbocycles. The first-order valence-corrected chi connectivity index (χ1v) is 13.6. The summed E-state index contributed by atoms with van der Waals surface area (Å²) in [5, 5.41) is 1.70. The van der Waals surface area contributed by atoms with Gasteiger partial charge in [-0.3, -0.25) is 0 Å². The minimum Gasteiger partial charge on any atom is -0.334 e. The van der Waals surface area contributed by atoms with Crippen LogP contribution in [0.5, 0.6) is 0 Å². The van der Waals surface area contributed by atoms with Crippen LogP contribution >= 0.6 is 0 Å². The van der Waals surface area contributed by atoms with Gasteiger partial charge in [-0.05, 0) is 25.9 Å². The highest BCUT2D eigenvalue weighted by Gasteiger charge is 2.51. The minimum absolute atomic E-state index is 0.614. The van der Waals surface area contributed by atoms with Gasteiger partial charge in [-0.1, -0.05) is 70.9 Å². The maximum absolute atomic E-state index is 4.12. The molecule has 0 rings (SSSR count). The number of hydrogen-bond acceptors (Lipinski definition) is 1. The molecule has 0 aromatic carbocycles. The molecule has 108 valence electrons. The Hall–Kier alpha value is 0.134. The van der Waals surface area contributed by atoms with Gasteiger partial charge in [0, 0.05) is 0 Å². The molecule has 0 saturated heterocycles. The minimum atomic E-state index is -1.47. The molecule has 1 nitrogen and oxygen atoms in total. The first kappa shape index (κ1) is 18.1. The Morgan fingerprint density at radius 1 is 1.00 bits per heavy atom. The lowest BCUT2D eigenvalue weighted by Gasteiger charge is -2.49. The normalized spacial score (nSPS) is 17.1. The van der Waals surface area contributed by atoms with Crippen LogP contribution in [-0.2, 0) is 0 Å². The van der Waals surface area contributed by atoms with Gasteiger partial charge in [0.25, 0.3) is 0 Å². The quantitative estimate of drug-likeness (QED) is 0.616. The summed E-state index contributed by atoms with van der Waals surface area (Å²) in [6, 6.07) is 6.28. The zero-order chi connectivity index (χ0) is 14.4. The van der Waals surface area contributed by atoms with Crippen LogP contribution in [0.1, 0.15) is 55.4 Å². The smallest absolute Gasteiger partial charge is 0.142 e. The van der Waals surface area contributed by atoms with Gasteiger partial charge < -0.3 is 4.98 Å². The molecule has 0 aromatic rings. The van der Waals surface area contributed by atoms with E-state index in [1.807, 2.05) is 0 Å². The summed E-state index contributed by atoms with van der Waals surface area (Å²) in [6.45, 7) is 19.0. The maximum Gasteiger partial charge on any atom is 0.142 e.